The van der Waals surface area contributed by atoms with Crippen LogP contribution in [0.2, 0.25) is 0 Å². The predicted octanol–water partition coefficient (Wildman–Crippen LogP) is 4.45. The van der Waals surface area contributed by atoms with E-state index in [0.29, 0.717) is 18.2 Å². The molecular weight excluding hydrogens is 566 g/mol. The average Bonchev–Trinajstić information content (AvgIpc) is 3.72. The summed E-state index contributed by atoms with van der Waals surface area (Å²) in [6.45, 7) is 12.5. The molecule has 10 nitrogen and oxygen atoms in total. The van der Waals surface area contributed by atoms with Crippen molar-refractivity contribution in [1.82, 2.24) is 25.7 Å². The molecular formula is C32H43N5O5S. The minimum absolute atomic E-state index is 0.0592. The number of piperidine rings is 1. The van der Waals surface area contributed by atoms with Gasteiger partial charge in [-0.2, -0.15) is 0 Å². The van der Waals surface area contributed by atoms with Crippen LogP contribution in [0.4, 0.5) is 0 Å². The molecule has 3 aromatic rings. The number of nitrogens with zero attached hydrogens (tertiary/aromatic N) is 3. The van der Waals surface area contributed by atoms with E-state index in [2.05, 4.69) is 27.7 Å². The summed E-state index contributed by atoms with van der Waals surface area (Å²) >= 11 is 1.60. The number of hydrogen-bond donors (Lipinski definition) is 3. The zero-order valence-electron chi connectivity index (χ0n) is 25.6. The Morgan fingerprint density at radius 1 is 1.23 bits per heavy atom. The van der Waals surface area contributed by atoms with Gasteiger partial charge in [0.1, 0.15) is 12.0 Å². The summed E-state index contributed by atoms with van der Waals surface area (Å²) in [7, 11) is 0. The SMILES string of the molecule is Cc1ncsc1-c1ccc([C@H](C)NC(=O)[C@@H]2C[C@@H](O)CN2C(=O)[C@@H](c2cc(OCC3(C)CCNCC3)no2)C(C)C)cc1. The number of aromatic nitrogens is 2. The Hall–Kier alpha value is -3.28. The number of ether oxygens (including phenoxy) is 1. The fourth-order valence-corrected chi connectivity index (χ4v) is 6.84. The fraction of sp³-hybridized carbons (Fsp3) is 0.562. The third-order valence-corrected chi connectivity index (χ3v) is 9.74. The van der Waals surface area contributed by atoms with Gasteiger partial charge in [0, 0.05) is 24.4 Å². The van der Waals surface area contributed by atoms with Gasteiger partial charge >= 0.3 is 0 Å². The van der Waals surface area contributed by atoms with Gasteiger partial charge in [-0.25, -0.2) is 4.98 Å². The number of benzene rings is 1. The third kappa shape index (κ3) is 7.11. The van der Waals surface area contributed by atoms with Crippen molar-refractivity contribution in [2.45, 2.75) is 78.0 Å². The molecule has 4 atom stereocenters. The van der Waals surface area contributed by atoms with Gasteiger partial charge in [-0.3, -0.25) is 9.59 Å². The predicted molar refractivity (Wildman–Crippen MR) is 165 cm³/mol. The summed E-state index contributed by atoms with van der Waals surface area (Å²) in [5, 5.41) is 21.1. The highest BCUT2D eigenvalue weighted by molar-refractivity contribution is 7.13. The normalized spacial score (nSPS) is 21.5. The van der Waals surface area contributed by atoms with Crippen LogP contribution >= 0.6 is 11.3 Å². The third-order valence-electron chi connectivity index (χ3n) is 8.77. The molecule has 2 aliphatic heterocycles. The number of amides is 2. The lowest BCUT2D eigenvalue weighted by molar-refractivity contribution is -0.141. The highest BCUT2D eigenvalue weighted by atomic mass is 32.1. The minimum atomic E-state index is -0.788. The maximum Gasteiger partial charge on any atom is 0.254 e. The molecule has 0 spiro atoms. The van der Waals surface area contributed by atoms with Crippen LogP contribution < -0.4 is 15.4 Å². The Morgan fingerprint density at radius 3 is 2.60 bits per heavy atom. The number of aryl methyl sites for hydroxylation is 1. The van der Waals surface area contributed by atoms with Crippen molar-refractivity contribution in [3.05, 3.63) is 52.9 Å². The molecule has 2 aliphatic rings. The first-order valence-corrected chi connectivity index (χ1v) is 16.0. The van der Waals surface area contributed by atoms with Crippen molar-refractivity contribution >= 4 is 23.2 Å². The van der Waals surface area contributed by atoms with E-state index in [-0.39, 0.29) is 42.2 Å². The zero-order chi connectivity index (χ0) is 30.7. The number of thiazole rings is 1. The molecule has 0 saturated carbocycles. The molecule has 0 aliphatic carbocycles. The van der Waals surface area contributed by atoms with Gasteiger partial charge in [0.05, 0.1) is 34.8 Å². The number of aliphatic hydroxyl groups excluding tert-OH is 1. The second-order valence-corrected chi connectivity index (χ2v) is 13.5. The van der Waals surface area contributed by atoms with Crippen LogP contribution in [0.5, 0.6) is 5.88 Å². The number of rotatable bonds is 10. The second kappa shape index (κ2) is 13.2. The quantitative estimate of drug-likeness (QED) is 0.307. The molecule has 2 fully saturated rings. The maximum absolute atomic E-state index is 13.9. The second-order valence-electron chi connectivity index (χ2n) is 12.7. The number of carbonyl (C=O) groups excluding carboxylic acids is 2. The first-order chi connectivity index (χ1) is 20.5. The van der Waals surface area contributed by atoms with Gasteiger partial charge in [-0.1, -0.05) is 45.0 Å². The molecule has 0 radical (unpaired) electrons. The van der Waals surface area contributed by atoms with Crippen molar-refractivity contribution < 1.29 is 24.0 Å². The summed E-state index contributed by atoms with van der Waals surface area (Å²) in [6.07, 6.45) is 1.42. The highest BCUT2D eigenvalue weighted by Crippen LogP contribution is 2.34. The maximum atomic E-state index is 13.9. The molecule has 2 aromatic heterocycles. The lowest BCUT2D eigenvalue weighted by atomic mass is 9.82. The van der Waals surface area contributed by atoms with E-state index in [9.17, 15) is 14.7 Å². The van der Waals surface area contributed by atoms with E-state index in [4.69, 9.17) is 9.26 Å². The number of nitrogens with one attached hydrogen (secondary N) is 2. The largest absolute Gasteiger partial charge is 0.475 e. The molecule has 232 valence electrons. The van der Waals surface area contributed by atoms with Gasteiger partial charge in [-0.15, -0.1) is 11.3 Å². The van der Waals surface area contributed by atoms with Crippen molar-refractivity contribution in [2.24, 2.45) is 11.3 Å². The summed E-state index contributed by atoms with van der Waals surface area (Å²) in [6, 6.07) is 8.67. The molecule has 5 rings (SSSR count). The summed E-state index contributed by atoms with van der Waals surface area (Å²) < 4.78 is 11.6. The summed E-state index contributed by atoms with van der Waals surface area (Å²) in [4.78, 5) is 34.4. The fourth-order valence-electron chi connectivity index (χ4n) is 6.02. The number of likely N-dealkylation sites (tertiary alicyclic amines) is 1. The van der Waals surface area contributed by atoms with Crippen molar-refractivity contribution in [1.29, 1.82) is 0 Å². The van der Waals surface area contributed by atoms with E-state index >= 15 is 0 Å². The van der Waals surface area contributed by atoms with Crippen molar-refractivity contribution in [3.63, 3.8) is 0 Å². The molecule has 2 saturated heterocycles. The Bertz CT molecular complexity index is 1400. The van der Waals surface area contributed by atoms with Crippen LogP contribution in [0.15, 0.2) is 40.4 Å². The average molecular weight is 610 g/mol. The topological polar surface area (TPSA) is 130 Å². The summed E-state index contributed by atoms with van der Waals surface area (Å²) in [5.74, 6) is -0.600. The number of β-amino-alcohol motifs (C(OH)–C–C–N with tert-alkyl or cyclic N) is 1. The molecule has 0 unspecified atom stereocenters. The Labute approximate surface area is 257 Å². The first kappa shape index (κ1) is 31.2. The number of carbonyl (C=O) groups is 2. The minimum Gasteiger partial charge on any atom is -0.475 e. The molecule has 2 amide bonds. The lowest BCUT2D eigenvalue weighted by Gasteiger charge is -2.33. The van der Waals surface area contributed by atoms with Crippen LogP contribution in [0.25, 0.3) is 10.4 Å². The smallest absolute Gasteiger partial charge is 0.254 e. The number of hydrogen-bond acceptors (Lipinski definition) is 9. The first-order valence-electron chi connectivity index (χ1n) is 15.1. The van der Waals surface area contributed by atoms with Crippen LogP contribution in [-0.4, -0.2) is 70.3 Å². The summed E-state index contributed by atoms with van der Waals surface area (Å²) in [5.41, 5.74) is 4.91. The van der Waals surface area contributed by atoms with E-state index in [1.807, 2.05) is 57.5 Å². The van der Waals surface area contributed by atoms with Crippen LogP contribution in [-0.2, 0) is 9.59 Å². The molecule has 11 heteroatoms. The van der Waals surface area contributed by atoms with Gasteiger partial charge in [0.25, 0.3) is 5.88 Å². The van der Waals surface area contributed by atoms with Crippen LogP contribution in [0, 0.1) is 18.3 Å². The van der Waals surface area contributed by atoms with E-state index < -0.39 is 18.1 Å². The van der Waals surface area contributed by atoms with Gasteiger partial charge in [0.15, 0.2) is 5.76 Å². The molecule has 43 heavy (non-hydrogen) atoms. The van der Waals surface area contributed by atoms with E-state index in [1.54, 1.807) is 17.4 Å². The zero-order valence-corrected chi connectivity index (χ0v) is 26.4. The highest BCUT2D eigenvalue weighted by Gasteiger charge is 2.43. The molecule has 3 N–H and O–H groups in total. The van der Waals surface area contributed by atoms with Gasteiger partial charge in [-0.05, 0) is 62.0 Å². The van der Waals surface area contributed by atoms with E-state index in [0.717, 1.165) is 47.6 Å². The van der Waals surface area contributed by atoms with Crippen LogP contribution in [0.3, 0.4) is 0 Å². The number of aliphatic hydroxyl groups is 1. The lowest BCUT2D eigenvalue weighted by Crippen LogP contribution is -2.48. The van der Waals surface area contributed by atoms with Crippen molar-refractivity contribution in [2.75, 3.05) is 26.2 Å². The van der Waals surface area contributed by atoms with Crippen molar-refractivity contribution in [3.8, 4) is 16.3 Å². The monoisotopic (exact) mass is 609 g/mol. The van der Waals surface area contributed by atoms with Gasteiger partial charge < -0.3 is 29.9 Å². The van der Waals surface area contributed by atoms with Gasteiger partial charge in [0.2, 0.25) is 11.8 Å². The molecule has 1 aromatic carbocycles. The van der Waals surface area contributed by atoms with Crippen LogP contribution in [0.1, 0.15) is 75.9 Å². The standard InChI is InChI=1S/C32H43N5O5S/c1-19(2)28(26-15-27(36-42-26)41-17-32(5)10-12-33-13-11-32)31(40)37-16-24(38)14-25(37)30(39)35-20(3)22-6-8-23(9-7-22)29-21(4)34-18-43-29/h6-9,15,18-20,24-25,28,33,38H,10-14,16-17H2,1-5H3,(H,35,39)/t20-,24+,25-,28+/m0/s1. The Kier molecular flexibility index (Phi) is 9.53. The molecule has 4 heterocycles. The Morgan fingerprint density at radius 2 is 1.95 bits per heavy atom. The Balaban J connectivity index is 1.24. The van der Waals surface area contributed by atoms with E-state index in [1.165, 1.54) is 4.90 Å². The molecule has 0 bridgehead atoms.